The average molecular weight is 450 g/mol. The first-order valence-electron chi connectivity index (χ1n) is 10.8. The van der Waals surface area contributed by atoms with Crippen LogP contribution in [0.5, 0.6) is 0 Å². The molecule has 3 aromatic rings. The van der Waals surface area contributed by atoms with Crippen molar-refractivity contribution in [3.63, 3.8) is 0 Å². The molecule has 1 fully saturated rings. The molecule has 0 aliphatic carbocycles. The summed E-state index contributed by atoms with van der Waals surface area (Å²) < 4.78 is 27.2. The van der Waals surface area contributed by atoms with Crippen LogP contribution < -0.4 is 14.5 Å². The molecule has 0 aromatic heterocycles. The second-order valence-corrected chi connectivity index (χ2v) is 9.82. The van der Waals surface area contributed by atoms with Gasteiger partial charge in [-0.15, -0.1) is 0 Å². The standard InChI is InChI=1S/C25H27N3O3S/c1-27(32(30,31)22-10-4-2-5-11-22)24-13-7-6-12-23(24)25(29)26-20-14-16-21(17-15-20)28-18-8-3-9-19-28/h2,4-7,10-17H,3,8-9,18-19H2,1H3,(H,26,29). The Hall–Kier alpha value is -3.32. The molecule has 0 radical (unpaired) electrons. The number of hydrogen-bond donors (Lipinski definition) is 1. The summed E-state index contributed by atoms with van der Waals surface area (Å²) in [6.45, 7) is 2.11. The van der Waals surface area contributed by atoms with Crippen LogP contribution >= 0.6 is 0 Å². The number of carbonyl (C=O) groups is 1. The van der Waals surface area contributed by atoms with Gasteiger partial charge in [-0.05, 0) is 67.8 Å². The van der Waals surface area contributed by atoms with Crippen molar-refractivity contribution in [2.45, 2.75) is 24.2 Å². The van der Waals surface area contributed by atoms with E-state index >= 15 is 0 Å². The Morgan fingerprint density at radius 1 is 0.844 bits per heavy atom. The highest BCUT2D eigenvalue weighted by atomic mass is 32.2. The van der Waals surface area contributed by atoms with Crippen LogP contribution in [-0.2, 0) is 10.0 Å². The number of para-hydroxylation sites is 1. The number of amides is 1. The Balaban J connectivity index is 1.54. The monoisotopic (exact) mass is 449 g/mol. The molecule has 0 atom stereocenters. The third kappa shape index (κ3) is 4.62. The van der Waals surface area contributed by atoms with Gasteiger partial charge in [0.2, 0.25) is 0 Å². The maximum Gasteiger partial charge on any atom is 0.264 e. The van der Waals surface area contributed by atoms with Crippen molar-refractivity contribution < 1.29 is 13.2 Å². The van der Waals surface area contributed by atoms with E-state index in [1.54, 1.807) is 54.6 Å². The van der Waals surface area contributed by atoms with E-state index in [-0.39, 0.29) is 16.4 Å². The predicted octanol–water partition coefficient (Wildman–Crippen LogP) is 4.75. The highest BCUT2D eigenvalue weighted by molar-refractivity contribution is 7.92. The van der Waals surface area contributed by atoms with Crippen LogP contribution in [0, 0.1) is 0 Å². The maximum atomic E-state index is 13.0. The van der Waals surface area contributed by atoms with Crippen LogP contribution in [-0.4, -0.2) is 34.5 Å². The number of hydrogen-bond acceptors (Lipinski definition) is 4. The SMILES string of the molecule is CN(c1ccccc1C(=O)Nc1ccc(N2CCCCC2)cc1)S(=O)(=O)c1ccccc1. The van der Waals surface area contributed by atoms with Gasteiger partial charge >= 0.3 is 0 Å². The van der Waals surface area contributed by atoms with Gasteiger partial charge in [-0.2, -0.15) is 0 Å². The number of rotatable bonds is 6. The van der Waals surface area contributed by atoms with Crippen LogP contribution in [0.2, 0.25) is 0 Å². The van der Waals surface area contributed by atoms with Gasteiger partial charge in [0.05, 0.1) is 16.1 Å². The summed E-state index contributed by atoms with van der Waals surface area (Å²) in [7, 11) is -2.33. The summed E-state index contributed by atoms with van der Waals surface area (Å²) in [4.78, 5) is 15.6. The van der Waals surface area contributed by atoms with Crippen molar-refractivity contribution >= 4 is 33.0 Å². The van der Waals surface area contributed by atoms with Crippen molar-refractivity contribution in [2.24, 2.45) is 0 Å². The molecular formula is C25H27N3O3S. The normalized spacial score (nSPS) is 14.1. The molecule has 7 heteroatoms. The molecule has 6 nitrogen and oxygen atoms in total. The first-order valence-corrected chi connectivity index (χ1v) is 12.2. The van der Waals surface area contributed by atoms with Gasteiger partial charge in [0.25, 0.3) is 15.9 Å². The van der Waals surface area contributed by atoms with E-state index in [1.807, 2.05) is 24.3 Å². The van der Waals surface area contributed by atoms with E-state index < -0.39 is 10.0 Å². The Morgan fingerprint density at radius 2 is 1.47 bits per heavy atom. The Kier molecular flexibility index (Phi) is 6.46. The number of anilines is 3. The van der Waals surface area contributed by atoms with E-state index in [4.69, 9.17) is 0 Å². The van der Waals surface area contributed by atoms with E-state index in [2.05, 4.69) is 10.2 Å². The topological polar surface area (TPSA) is 69.7 Å². The zero-order chi connectivity index (χ0) is 22.6. The van der Waals surface area contributed by atoms with Crippen molar-refractivity contribution in [3.05, 3.63) is 84.4 Å². The summed E-state index contributed by atoms with van der Waals surface area (Å²) in [5.41, 5.74) is 2.42. The van der Waals surface area contributed by atoms with Crippen LogP contribution in [0.3, 0.4) is 0 Å². The minimum Gasteiger partial charge on any atom is -0.372 e. The van der Waals surface area contributed by atoms with Gasteiger partial charge in [-0.25, -0.2) is 8.42 Å². The lowest BCUT2D eigenvalue weighted by atomic mass is 10.1. The van der Waals surface area contributed by atoms with Gasteiger partial charge in [-0.1, -0.05) is 30.3 Å². The van der Waals surface area contributed by atoms with E-state index in [0.29, 0.717) is 11.4 Å². The quantitative estimate of drug-likeness (QED) is 0.589. The van der Waals surface area contributed by atoms with Gasteiger partial charge in [0.15, 0.2) is 0 Å². The average Bonchev–Trinajstić information content (AvgIpc) is 2.85. The number of nitrogens with one attached hydrogen (secondary N) is 1. The molecule has 1 amide bonds. The highest BCUT2D eigenvalue weighted by Gasteiger charge is 2.25. The van der Waals surface area contributed by atoms with E-state index in [9.17, 15) is 13.2 Å². The zero-order valence-corrected chi connectivity index (χ0v) is 18.9. The number of carbonyl (C=O) groups excluding carboxylic acids is 1. The van der Waals surface area contributed by atoms with Gasteiger partial charge < -0.3 is 10.2 Å². The summed E-state index contributed by atoms with van der Waals surface area (Å²) in [5.74, 6) is -0.360. The molecule has 32 heavy (non-hydrogen) atoms. The molecule has 0 bridgehead atoms. The minimum absolute atomic E-state index is 0.172. The molecular weight excluding hydrogens is 422 g/mol. The van der Waals surface area contributed by atoms with E-state index in [0.717, 1.165) is 23.1 Å². The van der Waals surface area contributed by atoms with Crippen LogP contribution in [0.4, 0.5) is 17.1 Å². The van der Waals surface area contributed by atoms with Crippen LogP contribution in [0.25, 0.3) is 0 Å². The largest absolute Gasteiger partial charge is 0.372 e. The molecule has 166 valence electrons. The predicted molar refractivity (Wildman–Crippen MR) is 129 cm³/mol. The fraction of sp³-hybridized carbons (Fsp3) is 0.240. The highest BCUT2D eigenvalue weighted by Crippen LogP contribution is 2.27. The molecule has 0 unspecified atom stereocenters. The summed E-state index contributed by atoms with van der Waals surface area (Å²) >= 11 is 0. The molecule has 1 saturated heterocycles. The fourth-order valence-corrected chi connectivity index (χ4v) is 5.16. The van der Waals surface area contributed by atoms with E-state index in [1.165, 1.54) is 26.3 Å². The molecule has 3 aromatic carbocycles. The second-order valence-electron chi connectivity index (χ2n) is 7.85. The smallest absolute Gasteiger partial charge is 0.264 e. The van der Waals surface area contributed by atoms with Crippen LogP contribution in [0.15, 0.2) is 83.8 Å². The molecule has 1 aliphatic rings. The van der Waals surface area contributed by atoms with Gasteiger partial charge in [-0.3, -0.25) is 9.10 Å². The lowest BCUT2D eigenvalue weighted by Gasteiger charge is -2.28. The number of benzene rings is 3. The Labute approximate surface area is 189 Å². The second kappa shape index (κ2) is 9.44. The lowest BCUT2D eigenvalue weighted by molar-refractivity contribution is 0.102. The Bertz CT molecular complexity index is 1170. The first kappa shape index (κ1) is 21.9. The van der Waals surface area contributed by atoms with Crippen molar-refractivity contribution in [2.75, 3.05) is 34.7 Å². The number of nitrogens with zero attached hydrogens (tertiary/aromatic N) is 2. The molecule has 0 saturated carbocycles. The number of sulfonamides is 1. The fourth-order valence-electron chi connectivity index (χ4n) is 3.93. The number of piperidine rings is 1. The minimum atomic E-state index is -3.79. The summed E-state index contributed by atoms with van der Waals surface area (Å²) in [6.07, 6.45) is 3.68. The molecule has 1 heterocycles. The first-order chi connectivity index (χ1) is 15.5. The zero-order valence-electron chi connectivity index (χ0n) is 18.1. The molecule has 1 N–H and O–H groups in total. The van der Waals surface area contributed by atoms with Crippen molar-refractivity contribution in [1.29, 1.82) is 0 Å². The molecule has 4 rings (SSSR count). The molecule has 1 aliphatic heterocycles. The lowest BCUT2D eigenvalue weighted by Crippen LogP contribution is -2.29. The summed E-state index contributed by atoms with van der Waals surface area (Å²) in [6, 6.07) is 22.7. The van der Waals surface area contributed by atoms with Crippen molar-refractivity contribution in [1.82, 2.24) is 0 Å². The summed E-state index contributed by atoms with van der Waals surface area (Å²) in [5, 5.41) is 2.90. The third-order valence-corrected chi connectivity index (χ3v) is 7.52. The van der Waals surface area contributed by atoms with Gasteiger partial charge in [0, 0.05) is 31.5 Å². The van der Waals surface area contributed by atoms with Crippen LogP contribution in [0.1, 0.15) is 29.6 Å². The maximum absolute atomic E-state index is 13.0. The van der Waals surface area contributed by atoms with Gasteiger partial charge in [0.1, 0.15) is 0 Å². The molecule has 0 spiro atoms. The third-order valence-electron chi connectivity index (χ3n) is 5.74. The van der Waals surface area contributed by atoms with Crippen molar-refractivity contribution in [3.8, 4) is 0 Å². The Morgan fingerprint density at radius 3 is 2.16 bits per heavy atom.